The van der Waals surface area contributed by atoms with E-state index in [0.717, 1.165) is 5.56 Å². The molecule has 2 saturated heterocycles. The fourth-order valence-electron chi connectivity index (χ4n) is 4.71. The van der Waals surface area contributed by atoms with Gasteiger partial charge in [-0.1, -0.05) is 0 Å². The first-order valence-electron chi connectivity index (χ1n) is 13.4. The van der Waals surface area contributed by atoms with Gasteiger partial charge in [0, 0.05) is 18.3 Å². The van der Waals surface area contributed by atoms with Crippen molar-refractivity contribution in [2.24, 2.45) is 0 Å². The number of halogens is 3. The number of hydrogen-bond acceptors (Lipinski definition) is 11. The molecule has 0 aliphatic carbocycles. The summed E-state index contributed by atoms with van der Waals surface area (Å²) >= 11 is 17.7. The molecular weight excluding hydrogens is 607 g/mol. The van der Waals surface area contributed by atoms with Crippen LogP contribution in [0.4, 0.5) is 22.4 Å². The monoisotopic (exact) mass is 638 g/mol. The molecule has 2 fully saturated rings. The first-order chi connectivity index (χ1) is 20.0. The fraction of sp³-hybridized carbons (Fsp3) is 0.500. The molecule has 16 heteroatoms. The maximum atomic E-state index is 11.4. The zero-order valence-corrected chi connectivity index (χ0v) is 26.2. The van der Waals surface area contributed by atoms with E-state index in [1.54, 1.807) is 19.2 Å². The zero-order chi connectivity index (χ0) is 30.4. The Morgan fingerprint density at radius 1 is 0.714 bits per heavy atom. The third-order valence-corrected chi connectivity index (χ3v) is 7.10. The largest absolute Gasteiger partial charge is 0.377 e. The van der Waals surface area contributed by atoms with Crippen LogP contribution in [0.1, 0.15) is 27.7 Å². The van der Waals surface area contributed by atoms with Gasteiger partial charge >= 0.3 is 6.03 Å². The SMILES string of the molecule is CC1COCC(C)N1c1nc(Cl)nc(Cl)n1.CNC(=O)Nc1ccc(-c2nc(Cl)nc(N3C(C)COCC3C)n2)cc1. The molecule has 2 aliphatic heterocycles. The average Bonchev–Trinajstić information content (AvgIpc) is 2.93. The van der Waals surface area contributed by atoms with E-state index in [-0.39, 0.29) is 46.0 Å². The van der Waals surface area contributed by atoms with Crippen LogP contribution in [0.5, 0.6) is 0 Å². The second kappa shape index (κ2) is 14.4. The van der Waals surface area contributed by atoms with Gasteiger partial charge < -0.3 is 29.9 Å². The number of carbonyl (C=O) groups excluding carboxylic acids is 1. The van der Waals surface area contributed by atoms with E-state index in [0.29, 0.717) is 49.8 Å². The van der Waals surface area contributed by atoms with Crippen LogP contribution in [0.3, 0.4) is 0 Å². The summed E-state index contributed by atoms with van der Waals surface area (Å²) in [5, 5.41) is 5.57. The molecule has 2 aromatic heterocycles. The molecule has 1 aromatic carbocycles. The highest BCUT2D eigenvalue weighted by Gasteiger charge is 2.29. The Morgan fingerprint density at radius 2 is 1.14 bits per heavy atom. The van der Waals surface area contributed by atoms with E-state index in [1.165, 1.54) is 0 Å². The number of aromatic nitrogens is 6. The molecule has 2 aliphatic rings. The topological polar surface area (TPSA) is 143 Å². The van der Waals surface area contributed by atoms with Crippen LogP contribution in [0, 0.1) is 0 Å². The summed E-state index contributed by atoms with van der Waals surface area (Å²) in [7, 11) is 1.56. The number of urea groups is 1. The number of nitrogens with zero attached hydrogens (tertiary/aromatic N) is 8. The molecule has 2 amide bonds. The van der Waals surface area contributed by atoms with Gasteiger partial charge in [0.05, 0.1) is 50.6 Å². The Balaban J connectivity index is 0.000000216. The Morgan fingerprint density at radius 3 is 1.60 bits per heavy atom. The number of nitrogens with one attached hydrogen (secondary N) is 2. The smallest absolute Gasteiger partial charge is 0.318 e. The lowest BCUT2D eigenvalue weighted by Gasteiger charge is -2.38. The van der Waals surface area contributed by atoms with Crippen LogP contribution in [0.25, 0.3) is 11.4 Å². The number of morpholine rings is 2. The molecule has 4 atom stereocenters. The maximum Gasteiger partial charge on any atom is 0.318 e. The average molecular weight is 640 g/mol. The molecule has 4 heterocycles. The molecule has 0 radical (unpaired) electrons. The number of ether oxygens (including phenoxy) is 2. The van der Waals surface area contributed by atoms with Crippen molar-refractivity contribution in [3.05, 3.63) is 40.1 Å². The Kier molecular flexibility index (Phi) is 10.9. The molecule has 2 N–H and O–H groups in total. The van der Waals surface area contributed by atoms with Gasteiger partial charge in [0.25, 0.3) is 0 Å². The van der Waals surface area contributed by atoms with Gasteiger partial charge in [-0.2, -0.15) is 29.9 Å². The molecule has 42 heavy (non-hydrogen) atoms. The van der Waals surface area contributed by atoms with Crippen molar-refractivity contribution in [1.29, 1.82) is 0 Å². The lowest BCUT2D eigenvalue weighted by Crippen LogP contribution is -2.50. The number of carbonyl (C=O) groups is 1. The van der Waals surface area contributed by atoms with Gasteiger partial charge in [-0.05, 0) is 86.8 Å². The summed E-state index contributed by atoms with van der Waals surface area (Å²) in [6, 6.07) is 7.60. The highest BCUT2D eigenvalue weighted by Crippen LogP contribution is 2.25. The maximum absolute atomic E-state index is 11.4. The van der Waals surface area contributed by atoms with Crippen LogP contribution in [-0.4, -0.2) is 93.6 Å². The lowest BCUT2D eigenvalue weighted by atomic mass is 10.2. The second-order valence-electron chi connectivity index (χ2n) is 9.97. The first kappa shape index (κ1) is 31.8. The molecule has 3 aromatic rings. The standard InChI is InChI=1S/C17H21ClN6O2.C9H12Cl2N4O/c1-10-8-26-9-11(2)24(10)16-22-14(21-15(18)23-16)12-4-6-13(7-5-12)20-17(25)19-3;1-5-3-16-4-6(2)15(5)9-13-7(10)12-8(11)14-9/h4-7,10-11H,8-9H2,1-3H3,(H2,19,20,25);5-6H,3-4H2,1-2H3. The predicted octanol–water partition coefficient (Wildman–Crippen LogP) is 4.35. The highest BCUT2D eigenvalue weighted by atomic mass is 35.5. The third-order valence-electron chi connectivity index (χ3n) is 6.59. The van der Waals surface area contributed by atoms with E-state index in [1.807, 2.05) is 30.9 Å². The summed E-state index contributed by atoms with van der Waals surface area (Å²) in [5.41, 5.74) is 1.45. The van der Waals surface area contributed by atoms with Crippen molar-refractivity contribution in [1.82, 2.24) is 35.2 Å². The number of benzene rings is 1. The fourth-order valence-corrected chi connectivity index (χ4v) is 5.22. The quantitative estimate of drug-likeness (QED) is 0.421. The Bertz CT molecular complexity index is 1330. The highest BCUT2D eigenvalue weighted by molar-refractivity contribution is 6.31. The minimum Gasteiger partial charge on any atom is -0.377 e. The van der Waals surface area contributed by atoms with E-state index in [2.05, 4.69) is 59.3 Å². The van der Waals surface area contributed by atoms with Crippen LogP contribution >= 0.6 is 34.8 Å². The summed E-state index contributed by atoms with van der Waals surface area (Å²) in [4.78, 5) is 40.6. The summed E-state index contributed by atoms with van der Waals surface area (Å²) in [5.74, 6) is 1.53. The van der Waals surface area contributed by atoms with Gasteiger partial charge in [0.1, 0.15) is 0 Å². The molecule has 0 bridgehead atoms. The zero-order valence-electron chi connectivity index (χ0n) is 23.9. The molecule has 226 valence electrons. The van der Waals surface area contributed by atoms with E-state index < -0.39 is 0 Å². The first-order valence-corrected chi connectivity index (χ1v) is 14.5. The predicted molar refractivity (Wildman–Crippen MR) is 163 cm³/mol. The van der Waals surface area contributed by atoms with Gasteiger partial charge in [-0.15, -0.1) is 0 Å². The summed E-state index contributed by atoms with van der Waals surface area (Å²) in [6.45, 7) is 10.7. The van der Waals surface area contributed by atoms with Crippen molar-refractivity contribution in [3.63, 3.8) is 0 Å². The minimum atomic E-state index is -0.279. The van der Waals surface area contributed by atoms with Crippen LogP contribution in [-0.2, 0) is 9.47 Å². The van der Waals surface area contributed by atoms with Gasteiger partial charge in [0.2, 0.25) is 27.7 Å². The molecular formula is C26H33Cl3N10O3. The van der Waals surface area contributed by atoms with Crippen molar-refractivity contribution >= 4 is 58.4 Å². The van der Waals surface area contributed by atoms with Crippen molar-refractivity contribution in [2.45, 2.75) is 51.9 Å². The second-order valence-corrected chi connectivity index (χ2v) is 11.0. The van der Waals surface area contributed by atoms with Gasteiger partial charge in [-0.3, -0.25) is 0 Å². The minimum absolute atomic E-state index is 0.112. The van der Waals surface area contributed by atoms with Gasteiger partial charge in [-0.25, -0.2) is 4.79 Å². The third kappa shape index (κ3) is 8.04. The van der Waals surface area contributed by atoms with Crippen LogP contribution in [0.2, 0.25) is 15.9 Å². The Hall–Kier alpha value is -3.10. The Labute approximate surface area is 259 Å². The normalized spacial score (nSPS) is 22.2. The van der Waals surface area contributed by atoms with Crippen molar-refractivity contribution in [2.75, 3.05) is 48.6 Å². The lowest BCUT2D eigenvalue weighted by molar-refractivity contribution is 0.0746. The van der Waals surface area contributed by atoms with E-state index >= 15 is 0 Å². The molecule has 0 saturated carbocycles. The molecule has 4 unspecified atom stereocenters. The molecule has 0 spiro atoms. The number of rotatable bonds is 4. The summed E-state index contributed by atoms with van der Waals surface area (Å²) < 4.78 is 11.0. The number of amides is 2. The molecule has 5 rings (SSSR count). The van der Waals surface area contributed by atoms with E-state index in [9.17, 15) is 4.79 Å². The van der Waals surface area contributed by atoms with Crippen LogP contribution < -0.4 is 20.4 Å². The molecule has 13 nitrogen and oxygen atoms in total. The van der Waals surface area contributed by atoms with Crippen molar-refractivity contribution < 1.29 is 14.3 Å². The van der Waals surface area contributed by atoms with E-state index in [4.69, 9.17) is 44.3 Å². The van der Waals surface area contributed by atoms with Crippen molar-refractivity contribution in [3.8, 4) is 11.4 Å². The van der Waals surface area contributed by atoms with Crippen LogP contribution in [0.15, 0.2) is 24.3 Å². The number of anilines is 3. The number of hydrogen-bond donors (Lipinski definition) is 2. The van der Waals surface area contributed by atoms with Gasteiger partial charge in [0.15, 0.2) is 5.82 Å². The summed E-state index contributed by atoms with van der Waals surface area (Å²) in [6.07, 6.45) is 0.